The molecule has 1 fully saturated rings. The third-order valence-electron chi connectivity index (χ3n) is 3.71. The van der Waals surface area contributed by atoms with Crippen LogP contribution >= 0.6 is 7.14 Å². The van der Waals surface area contributed by atoms with E-state index >= 15 is 0 Å². The van der Waals surface area contributed by atoms with Crippen LogP contribution in [0, 0.1) is 0 Å². The van der Waals surface area contributed by atoms with E-state index in [2.05, 4.69) is 10.3 Å². The number of hydrogen-bond acceptors (Lipinski definition) is 8. The summed E-state index contributed by atoms with van der Waals surface area (Å²) in [7, 11) is -2.38. The average molecular weight is 389 g/mol. The molecule has 1 aromatic heterocycles. The normalized spacial score (nSPS) is 26.0. The lowest BCUT2D eigenvalue weighted by molar-refractivity contribution is -0.115. The fraction of sp³-hybridized carbons (Fsp3) is 0.667. The number of ether oxygens (including phenoxy) is 2. The molecule has 1 amide bonds. The van der Waals surface area contributed by atoms with E-state index in [1.54, 1.807) is 20.3 Å². The molecule has 4 atom stereocenters. The van der Waals surface area contributed by atoms with E-state index in [4.69, 9.17) is 9.47 Å². The van der Waals surface area contributed by atoms with Crippen molar-refractivity contribution in [2.75, 3.05) is 31.6 Å². The number of amides is 1. The zero-order valence-electron chi connectivity index (χ0n) is 14.9. The first-order chi connectivity index (χ1) is 12.1. The van der Waals surface area contributed by atoms with Crippen LogP contribution in [0.1, 0.15) is 19.6 Å². The lowest BCUT2D eigenvalue weighted by atomic mass is 10.1. The van der Waals surface area contributed by atoms with Crippen LogP contribution in [0.15, 0.2) is 17.1 Å². The first kappa shape index (κ1) is 20.7. The van der Waals surface area contributed by atoms with Crippen LogP contribution in [0.2, 0.25) is 0 Å². The van der Waals surface area contributed by atoms with Crippen molar-refractivity contribution in [1.82, 2.24) is 9.55 Å². The summed E-state index contributed by atoms with van der Waals surface area (Å²) in [5, 5.41) is 22.7. The fourth-order valence-electron chi connectivity index (χ4n) is 2.39. The van der Waals surface area contributed by atoms with Gasteiger partial charge in [0.2, 0.25) is 5.91 Å². The number of aliphatic hydroxyl groups excluding tert-OH is 2. The third kappa shape index (κ3) is 5.21. The Morgan fingerprint density at radius 2 is 2.12 bits per heavy atom. The van der Waals surface area contributed by atoms with Crippen molar-refractivity contribution in [3.05, 3.63) is 22.7 Å². The molecule has 0 spiro atoms. The summed E-state index contributed by atoms with van der Waals surface area (Å²) in [4.78, 5) is 27.2. The zero-order valence-corrected chi connectivity index (χ0v) is 15.8. The van der Waals surface area contributed by atoms with Crippen LogP contribution in [-0.2, 0) is 18.8 Å². The molecule has 3 N–H and O–H groups in total. The van der Waals surface area contributed by atoms with E-state index in [1.807, 2.05) is 0 Å². The molecular weight excluding hydrogens is 365 g/mol. The van der Waals surface area contributed by atoms with Gasteiger partial charge in [0.25, 0.3) is 0 Å². The highest BCUT2D eigenvalue weighted by Gasteiger charge is 2.44. The van der Waals surface area contributed by atoms with Gasteiger partial charge >= 0.3 is 5.69 Å². The minimum absolute atomic E-state index is 0.0215. The molecule has 26 heavy (non-hydrogen) atoms. The monoisotopic (exact) mass is 389 g/mol. The maximum absolute atomic E-state index is 12.2. The van der Waals surface area contributed by atoms with Crippen molar-refractivity contribution in [1.29, 1.82) is 0 Å². The Bertz CT molecular complexity index is 747. The molecule has 1 aliphatic heterocycles. The average Bonchev–Trinajstić information content (AvgIpc) is 2.82. The Labute approximate surface area is 150 Å². The minimum Gasteiger partial charge on any atom is -0.387 e. The lowest BCUT2D eigenvalue weighted by Crippen LogP contribution is -2.36. The van der Waals surface area contributed by atoms with Crippen molar-refractivity contribution >= 4 is 18.9 Å². The second-order valence-electron chi connectivity index (χ2n) is 6.52. The van der Waals surface area contributed by atoms with Crippen molar-refractivity contribution in [2.45, 2.75) is 37.9 Å². The molecule has 2 rings (SSSR count). The lowest BCUT2D eigenvalue weighted by Gasteiger charge is -2.17. The summed E-state index contributed by atoms with van der Waals surface area (Å²) in [6.07, 6.45) is -3.10. The summed E-state index contributed by atoms with van der Waals surface area (Å²) < 4.78 is 23.5. The number of carbonyl (C=O) groups is 1. The highest BCUT2D eigenvalue weighted by atomic mass is 31.2. The summed E-state index contributed by atoms with van der Waals surface area (Å²) >= 11 is 0. The van der Waals surface area contributed by atoms with Gasteiger partial charge in [-0.25, -0.2) is 4.79 Å². The summed E-state index contributed by atoms with van der Waals surface area (Å²) in [6.45, 7) is 4.73. The first-order valence-electron chi connectivity index (χ1n) is 8.14. The second-order valence-corrected chi connectivity index (χ2v) is 9.93. The van der Waals surface area contributed by atoms with Gasteiger partial charge in [0.1, 0.15) is 31.3 Å². The largest absolute Gasteiger partial charge is 0.387 e. The number of nitrogens with zero attached hydrogens (tertiary/aromatic N) is 2. The molecular formula is C15H24N3O7P. The van der Waals surface area contributed by atoms with Gasteiger partial charge in [-0.2, -0.15) is 4.98 Å². The predicted octanol–water partition coefficient (Wildman–Crippen LogP) is -0.192. The van der Waals surface area contributed by atoms with Crippen LogP contribution in [0.5, 0.6) is 0 Å². The number of rotatable bonds is 7. The molecule has 0 saturated carbocycles. The number of carbonyl (C=O) groups excluding carboxylic acids is 1. The highest BCUT2D eigenvalue weighted by molar-refractivity contribution is 7.62. The van der Waals surface area contributed by atoms with Crippen LogP contribution in [0.25, 0.3) is 0 Å². The fourth-order valence-corrected chi connectivity index (χ4v) is 2.94. The molecule has 11 heteroatoms. The van der Waals surface area contributed by atoms with Gasteiger partial charge in [-0.1, -0.05) is 6.92 Å². The standard InChI is InChI=1S/C15H24N3O7P/c1-4-11(19)16-10-5-6-18(15(22)17-10)14-13(21)12(20)9(25-14)7-24-8-26(2,3)23/h5-6,9,12-14,20-21H,4,7-8H2,1-3H3,(H,16,17,19,22)/t9-,12-,13+,14-/m1/s1. The molecule has 0 aromatic carbocycles. The third-order valence-corrected chi connectivity index (χ3v) is 4.52. The number of hydrogen-bond donors (Lipinski definition) is 3. The summed E-state index contributed by atoms with van der Waals surface area (Å²) in [5.41, 5.74) is -0.747. The molecule has 1 saturated heterocycles. The second kappa shape index (κ2) is 8.41. The first-order valence-corrected chi connectivity index (χ1v) is 10.9. The quantitative estimate of drug-likeness (QED) is 0.545. The Hall–Kier alpha value is -1.58. The van der Waals surface area contributed by atoms with E-state index in [9.17, 15) is 24.4 Å². The number of anilines is 1. The zero-order chi connectivity index (χ0) is 19.5. The van der Waals surface area contributed by atoms with Crippen LogP contribution in [0.3, 0.4) is 0 Å². The van der Waals surface area contributed by atoms with Crippen LogP contribution in [0.4, 0.5) is 5.82 Å². The molecule has 1 aromatic rings. The van der Waals surface area contributed by atoms with Crippen molar-refractivity contribution in [3.8, 4) is 0 Å². The maximum atomic E-state index is 12.2. The predicted molar refractivity (Wildman–Crippen MR) is 93.6 cm³/mol. The van der Waals surface area contributed by atoms with E-state index < -0.39 is 37.4 Å². The van der Waals surface area contributed by atoms with Gasteiger partial charge in [0.15, 0.2) is 6.23 Å². The Kier molecular flexibility index (Phi) is 6.70. The molecule has 0 radical (unpaired) electrons. The maximum Gasteiger partial charge on any atom is 0.351 e. The molecule has 146 valence electrons. The van der Waals surface area contributed by atoms with Gasteiger partial charge in [0, 0.05) is 12.6 Å². The van der Waals surface area contributed by atoms with E-state index in [1.165, 1.54) is 12.3 Å². The SMILES string of the molecule is CCC(=O)Nc1ccn([C@@H]2O[C@H](COCP(C)(C)=O)[C@@H](O)[C@@H]2O)c(=O)n1. The molecule has 10 nitrogen and oxygen atoms in total. The molecule has 1 aliphatic rings. The smallest absolute Gasteiger partial charge is 0.351 e. The van der Waals surface area contributed by atoms with Gasteiger partial charge in [-0.05, 0) is 19.4 Å². The molecule has 2 heterocycles. The number of aliphatic hydroxyl groups is 2. The summed E-state index contributed by atoms with van der Waals surface area (Å²) in [5.74, 6) is -0.198. The highest BCUT2D eigenvalue weighted by Crippen LogP contribution is 2.36. The molecule has 0 aliphatic carbocycles. The van der Waals surface area contributed by atoms with Gasteiger partial charge in [-0.3, -0.25) is 9.36 Å². The molecule has 0 unspecified atom stereocenters. The van der Waals surface area contributed by atoms with Gasteiger partial charge in [-0.15, -0.1) is 0 Å². The minimum atomic E-state index is -2.38. The Balaban J connectivity index is 2.07. The van der Waals surface area contributed by atoms with Crippen molar-refractivity contribution in [3.63, 3.8) is 0 Å². The van der Waals surface area contributed by atoms with Crippen LogP contribution < -0.4 is 11.0 Å². The van der Waals surface area contributed by atoms with E-state index in [-0.39, 0.29) is 31.1 Å². The topological polar surface area (TPSA) is 140 Å². The Morgan fingerprint density at radius 1 is 1.42 bits per heavy atom. The molecule has 0 bridgehead atoms. The van der Waals surface area contributed by atoms with E-state index in [0.717, 1.165) is 4.57 Å². The number of nitrogens with one attached hydrogen (secondary N) is 1. The van der Waals surface area contributed by atoms with Gasteiger partial charge in [0.05, 0.1) is 13.0 Å². The van der Waals surface area contributed by atoms with Crippen LogP contribution in [-0.4, -0.2) is 70.3 Å². The van der Waals surface area contributed by atoms with E-state index in [0.29, 0.717) is 0 Å². The van der Waals surface area contributed by atoms with Crippen molar-refractivity contribution < 1.29 is 29.0 Å². The van der Waals surface area contributed by atoms with Gasteiger partial charge < -0.3 is 29.6 Å². The summed E-state index contributed by atoms with van der Waals surface area (Å²) in [6, 6.07) is 1.39. The Morgan fingerprint density at radius 3 is 2.69 bits per heavy atom. The van der Waals surface area contributed by atoms with Crippen molar-refractivity contribution in [2.24, 2.45) is 0 Å². The number of aromatic nitrogens is 2.